The number of fused-ring (bicyclic) bond motifs is 1. The highest BCUT2D eigenvalue weighted by Crippen LogP contribution is 2.27. The number of carbonyl (C=O) groups excluding carboxylic acids is 1. The molecule has 1 amide bonds. The third-order valence-corrected chi connectivity index (χ3v) is 5.74. The smallest absolute Gasteiger partial charge is 0.257 e. The van der Waals surface area contributed by atoms with Gasteiger partial charge in [0.05, 0.1) is 12.2 Å². The maximum atomic E-state index is 12.8. The number of piperazine rings is 1. The van der Waals surface area contributed by atoms with E-state index in [0.717, 1.165) is 44.0 Å². The second-order valence-corrected chi connectivity index (χ2v) is 8.04. The summed E-state index contributed by atoms with van der Waals surface area (Å²) in [6.45, 7) is 8.85. The maximum absolute atomic E-state index is 12.8. The second-order valence-electron chi connectivity index (χ2n) is 8.04. The predicted octanol–water partition coefficient (Wildman–Crippen LogP) is 3.41. The Morgan fingerprint density at radius 2 is 1.89 bits per heavy atom. The van der Waals surface area contributed by atoms with Crippen molar-refractivity contribution in [3.05, 3.63) is 58.7 Å². The first kappa shape index (κ1) is 18.8. The maximum Gasteiger partial charge on any atom is 0.257 e. The van der Waals surface area contributed by atoms with Crippen molar-refractivity contribution >= 4 is 5.91 Å². The van der Waals surface area contributed by atoms with Crippen LogP contribution in [-0.4, -0.2) is 53.6 Å². The van der Waals surface area contributed by atoms with Gasteiger partial charge in [0.1, 0.15) is 11.5 Å². The van der Waals surface area contributed by atoms with Crippen LogP contribution in [0.25, 0.3) is 0 Å². The predicted molar refractivity (Wildman–Crippen MR) is 109 cm³/mol. The van der Waals surface area contributed by atoms with Gasteiger partial charge in [-0.15, -0.1) is 0 Å². The molecule has 0 bridgehead atoms. The molecule has 4 rings (SSSR count). The fourth-order valence-corrected chi connectivity index (χ4v) is 3.96. The molecule has 0 radical (unpaired) electrons. The van der Waals surface area contributed by atoms with Gasteiger partial charge in [-0.3, -0.25) is 9.69 Å². The van der Waals surface area contributed by atoms with Crippen LogP contribution in [0, 0.1) is 0 Å². The van der Waals surface area contributed by atoms with E-state index in [2.05, 4.69) is 36.9 Å². The monoisotopic (exact) mass is 380 g/mol. The van der Waals surface area contributed by atoms with Gasteiger partial charge in [-0.25, -0.2) is 0 Å². The summed E-state index contributed by atoms with van der Waals surface area (Å²) in [5, 5.41) is 10.3. The molecule has 5 nitrogen and oxygen atoms in total. The molecule has 1 N–H and O–H groups in total. The standard InChI is InChI=1S/C23H28N2O3/c1-16(2)18-4-5-20(21(26)14-18)23(27)25-10-8-24(9-11-25)15-17-3-6-22-19(13-17)7-12-28-22/h3-6,13-14,16,26H,7-12,15H2,1-2H3. The Morgan fingerprint density at radius 3 is 2.61 bits per heavy atom. The fourth-order valence-electron chi connectivity index (χ4n) is 3.96. The lowest BCUT2D eigenvalue weighted by molar-refractivity contribution is 0.0625. The summed E-state index contributed by atoms with van der Waals surface area (Å²) >= 11 is 0. The summed E-state index contributed by atoms with van der Waals surface area (Å²) < 4.78 is 5.58. The number of phenolic OH excluding ortho intramolecular Hbond substituents is 1. The largest absolute Gasteiger partial charge is 0.507 e. The van der Waals surface area contributed by atoms with Crippen molar-refractivity contribution in [2.45, 2.75) is 32.7 Å². The number of rotatable bonds is 4. The van der Waals surface area contributed by atoms with Gasteiger partial charge in [0.15, 0.2) is 0 Å². The van der Waals surface area contributed by atoms with Gasteiger partial charge in [-0.2, -0.15) is 0 Å². The highest BCUT2D eigenvalue weighted by atomic mass is 16.5. The molecule has 0 unspecified atom stereocenters. The van der Waals surface area contributed by atoms with Gasteiger partial charge in [-0.05, 0) is 40.8 Å². The molecule has 0 spiro atoms. The SMILES string of the molecule is CC(C)c1ccc(C(=O)N2CCN(Cc3ccc4c(c3)CCO4)CC2)c(O)c1. The van der Waals surface area contributed by atoms with Crippen LogP contribution in [0.2, 0.25) is 0 Å². The van der Waals surface area contributed by atoms with Crippen LogP contribution < -0.4 is 4.74 Å². The van der Waals surface area contributed by atoms with E-state index in [4.69, 9.17) is 4.74 Å². The number of phenols is 1. The molecule has 5 heteroatoms. The van der Waals surface area contributed by atoms with Crippen molar-refractivity contribution in [2.24, 2.45) is 0 Å². The minimum absolute atomic E-state index is 0.0814. The third-order valence-electron chi connectivity index (χ3n) is 5.74. The highest BCUT2D eigenvalue weighted by Gasteiger charge is 2.24. The molecule has 2 aromatic carbocycles. The third kappa shape index (κ3) is 3.85. The summed E-state index contributed by atoms with van der Waals surface area (Å²) in [7, 11) is 0. The lowest BCUT2D eigenvalue weighted by atomic mass is 10.0. The summed E-state index contributed by atoms with van der Waals surface area (Å²) in [6, 6.07) is 11.9. The molecule has 2 aromatic rings. The second kappa shape index (κ2) is 7.84. The average Bonchev–Trinajstić information content (AvgIpc) is 3.16. The Hall–Kier alpha value is -2.53. The van der Waals surface area contributed by atoms with E-state index >= 15 is 0 Å². The van der Waals surface area contributed by atoms with Crippen LogP contribution in [0.4, 0.5) is 0 Å². The zero-order chi connectivity index (χ0) is 19.7. The molecule has 0 aromatic heterocycles. The van der Waals surface area contributed by atoms with E-state index in [0.29, 0.717) is 24.6 Å². The number of nitrogens with zero attached hydrogens (tertiary/aromatic N) is 2. The van der Waals surface area contributed by atoms with Gasteiger partial charge < -0.3 is 14.7 Å². The van der Waals surface area contributed by atoms with Crippen molar-refractivity contribution in [2.75, 3.05) is 32.8 Å². The zero-order valence-corrected chi connectivity index (χ0v) is 16.6. The molecule has 2 aliphatic heterocycles. The van der Waals surface area contributed by atoms with Gasteiger partial charge in [0, 0.05) is 39.1 Å². The molecule has 1 fully saturated rings. The summed E-state index contributed by atoms with van der Waals surface area (Å²) in [5.41, 5.74) is 4.03. The molecular weight excluding hydrogens is 352 g/mol. The van der Waals surface area contributed by atoms with E-state index in [-0.39, 0.29) is 11.7 Å². The van der Waals surface area contributed by atoms with E-state index in [1.807, 2.05) is 11.0 Å². The number of ether oxygens (including phenoxy) is 1. The van der Waals surface area contributed by atoms with E-state index in [1.165, 1.54) is 11.1 Å². The first-order chi connectivity index (χ1) is 13.5. The van der Waals surface area contributed by atoms with Crippen LogP contribution in [0.5, 0.6) is 11.5 Å². The zero-order valence-electron chi connectivity index (χ0n) is 16.6. The quantitative estimate of drug-likeness (QED) is 0.883. The number of aromatic hydroxyl groups is 1. The van der Waals surface area contributed by atoms with Crippen molar-refractivity contribution in [1.29, 1.82) is 0 Å². The van der Waals surface area contributed by atoms with Crippen LogP contribution in [0.1, 0.15) is 46.8 Å². The number of hydrogen-bond donors (Lipinski definition) is 1. The topological polar surface area (TPSA) is 53.0 Å². The van der Waals surface area contributed by atoms with Gasteiger partial charge in [0.25, 0.3) is 5.91 Å². The highest BCUT2D eigenvalue weighted by molar-refractivity contribution is 5.97. The van der Waals surface area contributed by atoms with Gasteiger partial charge in [-0.1, -0.05) is 32.0 Å². The summed E-state index contributed by atoms with van der Waals surface area (Å²) in [4.78, 5) is 17.1. The van der Waals surface area contributed by atoms with Gasteiger partial charge >= 0.3 is 0 Å². The Labute approximate surface area is 166 Å². The van der Waals surface area contributed by atoms with E-state index in [1.54, 1.807) is 12.1 Å². The van der Waals surface area contributed by atoms with Crippen LogP contribution in [0.15, 0.2) is 36.4 Å². The van der Waals surface area contributed by atoms with E-state index < -0.39 is 0 Å². The van der Waals surface area contributed by atoms with Gasteiger partial charge in [0.2, 0.25) is 0 Å². The Kier molecular flexibility index (Phi) is 5.27. The van der Waals surface area contributed by atoms with Crippen molar-refractivity contribution < 1.29 is 14.6 Å². The van der Waals surface area contributed by atoms with Crippen molar-refractivity contribution in [3.63, 3.8) is 0 Å². The number of amides is 1. The van der Waals surface area contributed by atoms with E-state index in [9.17, 15) is 9.90 Å². The van der Waals surface area contributed by atoms with Crippen LogP contribution >= 0.6 is 0 Å². The Bertz CT molecular complexity index is 870. The molecule has 1 saturated heterocycles. The Balaban J connectivity index is 1.35. The number of benzene rings is 2. The summed E-state index contributed by atoms with van der Waals surface area (Å²) in [5.74, 6) is 1.34. The lowest BCUT2D eigenvalue weighted by Crippen LogP contribution is -2.48. The molecule has 2 aliphatic rings. The molecular formula is C23H28N2O3. The molecule has 148 valence electrons. The van der Waals surface area contributed by atoms with Crippen LogP contribution in [-0.2, 0) is 13.0 Å². The molecule has 0 atom stereocenters. The number of hydrogen-bond acceptors (Lipinski definition) is 4. The number of carbonyl (C=O) groups is 1. The molecule has 2 heterocycles. The average molecular weight is 380 g/mol. The minimum Gasteiger partial charge on any atom is -0.507 e. The first-order valence-corrected chi connectivity index (χ1v) is 10.1. The molecule has 0 aliphatic carbocycles. The molecule has 0 saturated carbocycles. The van der Waals surface area contributed by atoms with Crippen molar-refractivity contribution in [3.8, 4) is 11.5 Å². The minimum atomic E-state index is -0.0814. The van der Waals surface area contributed by atoms with Crippen LogP contribution in [0.3, 0.4) is 0 Å². The Morgan fingerprint density at radius 1 is 1.11 bits per heavy atom. The fraction of sp³-hybridized carbons (Fsp3) is 0.435. The van der Waals surface area contributed by atoms with Crippen molar-refractivity contribution in [1.82, 2.24) is 9.80 Å². The first-order valence-electron chi connectivity index (χ1n) is 10.1. The summed E-state index contributed by atoms with van der Waals surface area (Å²) in [6.07, 6.45) is 0.991. The molecule has 28 heavy (non-hydrogen) atoms. The lowest BCUT2D eigenvalue weighted by Gasteiger charge is -2.35. The normalized spacial score (nSPS) is 16.9.